The van der Waals surface area contributed by atoms with Crippen LogP contribution in [-0.4, -0.2) is 31.1 Å². The van der Waals surface area contributed by atoms with Gasteiger partial charge in [0.05, 0.1) is 6.61 Å². The number of benzene rings is 2. The second-order valence-electron chi connectivity index (χ2n) is 9.43. The average Bonchev–Trinajstić information content (AvgIpc) is 3.16. The van der Waals surface area contributed by atoms with Gasteiger partial charge in [-0.1, -0.05) is 44.2 Å². The summed E-state index contributed by atoms with van der Waals surface area (Å²) in [7, 11) is 0. The van der Waals surface area contributed by atoms with Gasteiger partial charge < -0.3 is 9.64 Å². The van der Waals surface area contributed by atoms with E-state index in [0.717, 1.165) is 25.3 Å². The van der Waals surface area contributed by atoms with Crippen LogP contribution in [0.15, 0.2) is 36.4 Å². The second kappa shape index (κ2) is 8.29. The van der Waals surface area contributed by atoms with Crippen LogP contribution < -0.4 is 4.74 Å². The largest absolute Gasteiger partial charge is 0.493 e. The van der Waals surface area contributed by atoms with Crippen molar-refractivity contribution >= 4 is 0 Å². The lowest BCUT2D eigenvalue weighted by Crippen LogP contribution is -2.38. The number of hydrogen-bond donors (Lipinski definition) is 0. The number of piperidine rings is 1. The Labute approximate surface area is 170 Å². The van der Waals surface area contributed by atoms with Crippen LogP contribution in [0.25, 0.3) is 11.1 Å². The van der Waals surface area contributed by atoms with Crippen molar-refractivity contribution in [3.63, 3.8) is 0 Å². The highest BCUT2D eigenvalue weighted by atomic mass is 16.5. The monoisotopic (exact) mass is 377 g/mol. The van der Waals surface area contributed by atoms with Crippen LogP contribution in [0.1, 0.15) is 56.2 Å². The maximum absolute atomic E-state index is 6.22. The van der Waals surface area contributed by atoms with Crippen LogP contribution in [0.5, 0.6) is 5.75 Å². The highest BCUT2D eigenvalue weighted by molar-refractivity contribution is 5.74. The second-order valence-corrected chi connectivity index (χ2v) is 9.43. The molecule has 2 aromatic rings. The number of aryl methyl sites for hydroxylation is 1. The summed E-state index contributed by atoms with van der Waals surface area (Å²) in [6.45, 7) is 11.4. The molecule has 2 nitrogen and oxygen atoms in total. The molecule has 1 fully saturated rings. The highest BCUT2D eigenvalue weighted by Crippen LogP contribution is 2.36. The van der Waals surface area contributed by atoms with E-state index < -0.39 is 0 Å². The fourth-order valence-electron chi connectivity index (χ4n) is 4.79. The van der Waals surface area contributed by atoms with Crippen molar-refractivity contribution in [2.75, 3.05) is 26.2 Å². The molecule has 0 spiro atoms. The van der Waals surface area contributed by atoms with Gasteiger partial charge in [-0.05, 0) is 97.8 Å². The number of nitrogens with zero attached hydrogens (tertiary/aromatic N) is 1. The zero-order valence-electron chi connectivity index (χ0n) is 17.9. The van der Waals surface area contributed by atoms with Crippen molar-refractivity contribution in [1.29, 1.82) is 0 Å². The molecule has 0 atom stereocenters. The molecule has 1 heterocycles. The van der Waals surface area contributed by atoms with Crippen LogP contribution in [0, 0.1) is 12.3 Å². The third-order valence-corrected chi connectivity index (χ3v) is 6.81. The van der Waals surface area contributed by atoms with Crippen molar-refractivity contribution in [2.45, 2.75) is 59.3 Å². The third-order valence-electron chi connectivity index (χ3n) is 6.81. The first-order chi connectivity index (χ1) is 13.5. The molecule has 2 heteroatoms. The Kier molecular flexibility index (Phi) is 5.78. The lowest BCUT2D eigenvalue weighted by molar-refractivity contribution is 0.126. The average molecular weight is 378 g/mol. The third kappa shape index (κ3) is 4.27. The van der Waals surface area contributed by atoms with Crippen molar-refractivity contribution in [3.8, 4) is 16.9 Å². The van der Waals surface area contributed by atoms with E-state index in [1.54, 1.807) is 5.56 Å². The topological polar surface area (TPSA) is 12.5 Å². The standard InChI is InChI=1S/C26H35NO/c1-20-22(24-12-5-9-21-8-4-11-23(21)24)10-6-13-25(20)28-19-7-16-27-17-14-26(2,3)15-18-27/h5-6,9-10,12-13H,4,7-8,11,14-19H2,1-3H3. The fourth-order valence-corrected chi connectivity index (χ4v) is 4.79. The molecule has 0 unspecified atom stereocenters. The number of ether oxygens (including phenoxy) is 1. The minimum Gasteiger partial charge on any atom is -0.493 e. The van der Waals surface area contributed by atoms with Gasteiger partial charge in [-0.2, -0.15) is 0 Å². The summed E-state index contributed by atoms with van der Waals surface area (Å²) < 4.78 is 6.22. The molecule has 4 rings (SSSR count). The Morgan fingerprint density at radius 2 is 1.71 bits per heavy atom. The zero-order chi connectivity index (χ0) is 19.6. The number of rotatable bonds is 6. The predicted molar refractivity (Wildman–Crippen MR) is 118 cm³/mol. The predicted octanol–water partition coefficient (Wildman–Crippen LogP) is 6.04. The van der Waals surface area contributed by atoms with Gasteiger partial charge in [-0.3, -0.25) is 0 Å². The summed E-state index contributed by atoms with van der Waals surface area (Å²) in [5, 5.41) is 0. The van der Waals surface area contributed by atoms with E-state index in [0.29, 0.717) is 5.41 Å². The molecule has 1 saturated heterocycles. The van der Waals surface area contributed by atoms with Gasteiger partial charge in [0.25, 0.3) is 0 Å². The first-order valence-corrected chi connectivity index (χ1v) is 11.1. The first kappa shape index (κ1) is 19.5. The highest BCUT2D eigenvalue weighted by Gasteiger charge is 2.24. The Bertz CT molecular complexity index is 813. The van der Waals surface area contributed by atoms with Gasteiger partial charge in [0.2, 0.25) is 0 Å². The molecule has 28 heavy (non-hydrogen) atoms. The van der Waals surface area contributed by atoms with E-state index in [2.05, 4.69) is 62.1 Å². The molecule has 0 saturated carbocycles. The van der Waals surface area contributed by atoms with Crippen molar-refractivity contribution in [2.24, 2.45) is 5.41 Å². The number of fused-ring (bicyclic) bond motifs is 1. The first-order valence-electron chi connectivity index (χ1n) is 11.1. The SMILES string of the molecule is Cc1c(OCCCN2CCC(C)(C)CC2)cccc1-c1cccc2c1CCC2. The van der Waals surface area contributed by atoms with E-state index in [1.807, 2.05) is 0 Å². The Morgan fingerprint density at radius 1 is 0.964 bits per heavy atom. The smallest absolute Gasteiger partial charge is 0.122 e. The van der Waals surface area contributed by atoms with Crippen LogP contribution in [0.2, 0.25) is 0 Å². The van der Waals surface area contributed by atoms with E-state index in [9.17, 15) is 0 Å². The maximum Gasteiger partial charge on any atom is 0.122 e. The summed E-state index contributed by atoms with van der Waals surface area (Å²) in [4.78, 5) is 2.60. The summed E-state index contributed by atoms with van der Waals surface area (Å²) >= 11 is 0. The van der Waals surface area contributed by atoms with Crippen LogP contribution in [0.3, 0.4) is 0 Å². The minimum absolute atomic E-state index is 0.530. The zero-order valence-corrected chi connectivity index (χ0v) is 17.9. The molecule has 1 aliphatic carbocycles. The molecule has 150 valence electrons. The molecule has 0 amide bonds. The molecule has 0 bridgehead atoms. The van der Waals surface area contributed by atoms with E-state index in [-0.39, 0.29) is 0 Å². The van der Waals surface area contributed by atoms with Gasteiger partial charge >= 0.3 is 0 Å². The normalized spacial score (nSPS) is 18.8. The van der Waals surface area contributed by atoms with Crippen molar-refractivity contribution in [3.05, 3.63) is 53.1 Å². The Balaban J connectivity index is 1.36. The summed E-state index contributed by atoms with van der Waals surface area (Å²) in [5.41, 5.74) is 7.65. The molecule has 1 aliphatic heterocycles. The van der Waals surface area contributed by atoms with Crippen LogP contribution in [0.4, 0.5) is 0 Å². The van der Waals surface area contributed by atoms with Gasteiger partial charge in [-0.25, -0.2) is 0 Å². The van der Waals surface area contributed by atoms with Crippen molar-refractivity contribution < 1.29 is 4.74 Å². The summed E-state index contributed by atoms with van der Waals surface area (Å²) in [6, 6.07) is 13.3. The Hall–Kier alpha value is -1.80. The van der Waals surface area contributed by atoms with Gasteiger partial charge in [0.15, 0.2) is 0 Å². The van der Waals surface area contributed by atoms with E-state index in [1.165, 1.54) is 67.4 Å². The Morgan fingerprint density at radius 3 is 2.54 bits per heavy atom. The lowest BCUT2D eigenvalue weighted by atomic mass is 9.83. The molecular formula is C26H35NO. The number of hydrogen-bond acceptors (Lipinski definition) is 2. The molecule has 0 N–H and O–H groups in total. The molecule has 0 radical (unpaired) electrons. The fraction of sp³-hybridized carbons (Fsp3) is 0.538. The lowest BCUT2D eigenvalue weighted by Gasteiger charge is -2.36. The molecule has 2 aliphatic rings. The quantitative estimate of drug-likeness (QED) is 0.569. The summed E-state index contributed by atoms with van der Waals surface area (Å²) in [6.07, 6.45) is 7.46. The van der Waals surface area contributed by atoms with Gasteiger partial charge in [-0.15, -0.1) is 0 Å². The minimum atomic E-state index is 0.530. The maximum atomic E-state index is 6.22. The molecule has 2 aromatic carbocycles. The van der Waals surface area contributed by atoms with E-state index in [4.69, 9.17) is 4.74 Å². The van der Waals surface area contributed by atoms with Crippen LogP contribution in [-0.2, 0) is 12.8 Å². The molecular weight excluding hydrogens is 342 g/mol. The molecule has 0 aromatic heterocycles. The summed E-state index contributed by atoms with van der Waals surface area (Å²) in [5.74, 6) is 1.05. The van der Waals surface area contributed by atoms with Crippen LogP contribution >= 0.6 is 0 Å². The van der Waals surface area contributed by atoms with Gasteiger partial charge in [0.1, 0.15) is 5.75 Å². The van der Waals surface area contributed by atoms with E-state index >= 15 is 0 Å². The van der Waals surface area contributed by atoms with Gasteiger partial charge in [0, 0.05) is 6.54 Å². The number of likely N-dealkylation sites (tertiary alicyclic amines) is 1. The van der Waals surface area contributed by atoms with Crippen molar-refractivity contribution in [1.82, 2.24) is 4.90 Å².